The van der Waals surface area contributed by atoms with Crippen molar-refractivity contribution in [2.24, 2.45) is 0 Å². The van der Waals surface area contributed by atoms with Gasteiger partial charge in [0.2, 0.25) is 0 Å². The lowest BCUT2D eigenvalue weighted by Crippen LogP contribution is -2.19. The fourth-order valence-electron chi connectivity index (χ4n) is 3.03. The monoisotopic (exact) mass is 357 g/mol. The van der Waals surface area contributed by atoms with Crippen LogP contribution in [-0.4, -0.2) is 11.0 Å². The molecular formula is C21H15N3O3. The predicted molar refractivity (Wildman–Crippen MR) is 107 cm³/mol. The maximum absolute atomic E-state index is 12.4. The van der Waals surface area contributed by atoms with Crippen LogP contribution in [0.15, 0.2) is 78.9 Å². The Hall–Kier alpha value is -3.93. The number of nitro benzene ring substituents is 1. The predicted octanol–water partition coefficient (Wildman–Crippen LogP) is 5.55. The fourth-order valence-corrected chi connectivity index (χ4v) is 3.03. The Bertz CT molecular complexity index is 1170. The molecule has 0 atom stereocenters. The number of non-ortho nitro benzene ring substituents is 1. The molecule has 2 amide bonds. The Balaban J connectivity index is 1.59. The van der Waals surface area contributed by atoms with Gasteiger partial charge in [-0.25, -0.2) is 4.79 Å². The molecule has 0 bridgehead atoms. The lowest BCUT2D eigenvalue weighted by atomic mass is 10.0. The van der Waals surface area contributed by atoms with Crippen molar-refractivity contribution < 1.29 is 9.72 Å². The molecule has 0 unspecified atom stereocenters. The van der Waals surface area contributed by atoms with Crippen molar-refractivity contribution in [1.29, 1.82) is 0 Å². The number of nitro groups is 1. The highest BCUT2D eigenvalue weighted by Crippen LogP contribution is 2.28. The molecule has 6 heteroatoms. The average molecular weight is 357 g/mol. The first-order valence-electron chi connectivity index (χ1n) is 8.34. The van der Waals surface area contributed by atoms with Crippen LogP contribution in [0.4, 0.5) is 21.9 Å². The first-order valence-corrected chi connectivity index (χ1v) is 8.34. The number of hydrogen-bond donors (Lipinski definition) is 2. The van der Waals surface area contributed by atoms with E-state index in [-0.39, 0.29) is 5.69 Å². The van der Waals surface area contributed by atoms with E-state index < -0.39 is 11.0 Å². The molecule has 0 saturated carbocycles. The highest BCUT2D eigenvalue weighted by atomic mass is 16.6. The molecule has 0 aliphatic heterocycles. The third kappa shape index (κ3) is 3.41. The summed E-state index contributed by atoms with van der Waals surface area (Å²) in [6, 6.07) is 23.2. The van der Waals surface area contributed by atoms with Gasteiger partial charge in [-0.15, -0.1) is 0 Å². The van der Waals surface area contributed by atoms with Crippen LogP contribution in [0.25, 0.3) is 21.5 Å². The first kappa shape index (κ1) is 16.5. The molecule has 4 aromatic rings. The van der Waals surface area contributed by atoms with Crippen LogP contribution >= 0.6 is 0 Å². The van der Waals surface area contributed by atoms with Crippen LogP contribution in [0.1, 0.15) is 0 Å². The minimum absolute atomic E-state index is 0.0260. The van der Waals surface area contributed by atoms with E-state index in [1.165, 1.54) is 24.3 Å². The largest absolute Gasteiger partial charge is 0.323 e. The molecular weight excluding hydrogens is 342 g/mol. The zero-order valence-electron chi connectivity index (χ0n) is 14.2. The van der Waals surface area contributed by atoms with Gasteiger partial charge in [0.15, 0.2) is 0 Å². The third-order valence-electron chi connectivity index (χ3n) is 4.33. The van der Waals surface area contributed by atoms with Crippen LogP contribution in [0.5, 0.6) is 0 Å². The third-order valence-corrected chi connectivity index (χ3v) is 4.33. The van der Waals surface area contributed by atoms with E-state index in [9.17, 15) is 14.9 Å². The molecule has 0 heterocycles. The topological polar surface area (TPSA) is 84.3 Å². The number of benzene rings is 4. The van der Waals surface area contributed by atoms with Crippen molar-refractivity contribution in [3.8, 4) is 0 Å². The number of hydrogen-bond acceptors (Lipinski definition) is 3. The zero-order chi connectivity index (χ0) is 18.8. The summed E-state index contributed by atoms with van der Waals surface area (Å²) < 4.78 is 0. The van der Waals surface area contributed by atoms with Gasteiger partial charge >= 0.3 is 6.03 Å². The summed E-state index contributed by atoms with van der Waals surface area (Å²) in [5.74, 6) is 0. The number of amides is 2. The molecule has 0 aromatic heterocycles. The van der Waals surface area contributed by atoms with E-state index in [0.29, 0.717) is 11.4 Å². The maximum atomic E-state index is 12.4. The molecule has 0 aliphatic carbocycles. The normalized spacial score (nSPS) is 10.7. The molecule has 4 aromatic carbocycles. The molecule has 6 nitrogen and oxygen atoms in total. The van der Waals surface area contributed by atoms with Gasteiger partial charge in [-0.05, 0) is 46.5 Å². The van der Waals surface area contributed by atoms with Crippen LogP contribution < -0.4 is 10.6 Å². The molecule has 0 radical (unpaired) electrons. The second kappa shape index (κ2) is 6.76. The second-order valence-electron chi connectivity index (χ2n) is 6.11. The van der Waals surface area contributed by atoms with Crippen molar-refractivity contribution in [2.45, 2.75) is 0 Å². The number of nitrogens with zero attached hydrogens (tertiary/aromatic N) is 1. The number of carbonyl (C=O) groups excluding carboxylic acids is 1. The Labute approximate surface area is 154 Å². The summed E-state index contributed by atoms with van der Waals surface area (Å²) in [7, 11) is 0. The second-order valence-corrected chi connectivity index (χ2v) is 6.11. The van der Waals surface area contributed by atoms with Gasteiger partial charge < -0.3 is 10.6 Å². The highest BCUT2D eigenvalue weighted by molar-refractivity contribution is 6.09. The molecule has 4 rings (SSSR count). The van der Waals surface area contributed by atoms with Gasteiger partial charge in [0, 0.05) is 23.2 Å². The van der Waals surface area contributed by atoms with Crippen molar-refractivity contribution in [2.75, 3.05) is 10.6 Å². The average Bonchev–Trinajstić information content (AvgIpc) is 2.67. The summed E-state index contributed by atoms with van der Waals surface area (Å²) in [5, 5.41) is 20.4. The molecule has 0 spiro atoms. The lowest BCUT2D eigenvalue weighted by Gasteiger charge is -2.11. The molecule has 0 aliphatic rings. The van der Waals surface area contributed by atoms with Crippen LogP contribution in [-0.2, 0) is 0 Å². The summed E-state index contributed by atoms with van der Waals surface area (Å²) in [5.41, 5.74) is 1.14. The number of rotatable bonds is 3. The summed E-state index contributed by atoms with van der Waals surface area (Å²) in [6.07, 6.45) is 0. The lowest BCUT2D eigenvalue weighted by molar-refractivity contribution is -0.384. The van der Waals surface area contributed by atoms with Crippen LogP contribution in [0.3, 0.4) is 0 Å². The van der Waals surface area contributed by atoms with E-state index in [1.807, 2.05) is 42.5 Å². The van der Waals surface area contributed by atoms with Gasteiger partial charge in [-0.3, -0.25) is 10.1 Å². The van der Waals surface area contributed by atoms with Gasteiger partial charge in [0.25, 0.3) is 5.69 Å². The Morgan fingerprint density at radius 1 is 0.778 bits per heavy atom. The number of carbonyl (C=O) groups is 1. The van der Waals surface area contributed by atoms with E-state index in [0.717, 1.165) is 21.5 Å². The zero-order valence-corrected chi connectivity index (χ0v) is 14.2. The van der Waals surface area contributed by atoms with Crippen LogP contribution in [0.2, 0.25) is 0 Å². The van der Waals surface area contributed by atoms with Gasteiger partial charge in [-0.2, -0.15) is 0 Å². The van der Waals surface area contributed by atoms with Crippen molar-refractivity contribution in [3.05, 3.63) is 89.0 Å². The number of fused-ring (bicyclic) bond motifs is 2. The van der Waals surface area contributed by atoms with Gasteiger partial charge in [0.1, 0.15) is 0 Å². The Morgan fingerprint density at radius 3 is 2.15 bits per heavy atom. The van der Waals surface area contributed by atoms with Gasteiger partial charge in [0.05, 0.1) is 10.6 Å². The highest BCUT2D eigenvalue weighted by Gasteiger charge is 2.09. The summed E-state index contributed by atoms with van der Waals surface area (Å²) >= 11 is 0. The molecule has 0 fully saturated rings. The number of anilines is 2. The Kier molecular flexibility index (Phi) is 4.14. The standard InChI is InChI=1S/C21H15N3O3/c25-21(22-17-8-10-18(11-9-17)24(26)27)23-20-7-3-6-16-12-14-4-1-2-5-15(14)13-19(16)20/h1-13H,(H2,22,23,25). The van der Waals surface area contributed by atoms with Crippen molar-refractivity contribution in [3.63, 3.8) is 0 Å². The van der Waals surface area contributed by atoms with E-state index >= 15 is 0 Å². The van der Waals surface area contributed by atoms with E-state index in [2.05, 4.69) is 22.8 Å². The SMILES string of the molecule is O=C(Nc1ccc([N+](=O)[O-])cc1)Nc1cccc2cc3ccccc3cc12. The molecule has 2 N–H and O–H groups in total. The van der Waals surface area contributed by atoms with Crippen LogP contribution in [0, 0.1) is 10.1 Å². The quantitative estimate of drug-likeness (QED) is 0.287. The minimum atomic E-state index is -0.482. The molecule has 0 saturated heterocycles. The number of nitrogens with one attached hydrogen (secondary N) is 2. The van der Waals surface area contributed by atoms with Crippen molar-refractivity contribution >= 4 is 44.6 Å². The first-order chi connectivity index (χ1) is 13.1. The molecule has 27 heavy (non-hydrogen) atoms. The number of urea groups is 1. The van der Waals surface area contributed by atoms with E-state index in [1.54, 1.807) is 0 Å². The Morgan fingerprint density at radius 2 is 1.44 bits per heavy atom. The summed E-state index contributed by atoms with van der Waals surface area (Å²) in [4.78, 5) is 22.6. The van der Waals surface area contributed by atoms with Gasteiger partial charge in [-0.1, -0.05) is 36.4 Å². The smallest absolute Gasteiger partial charge is 0.308 e. The maximum Gasteiger partial charge on any atom is 0.323 e. The fraction of sp³-hybridized carbons (Fsp3) is 0. The van der Waals surface area contributed by atoms with E-state index in [4.69, 9.17) is 0 Å². The summed E-state index contributed by atoms with van der Waals surface area (Å²) in [6.45, 7) is 0. The van der Waals surface area contributed by atoms with Crippen molar-refractivity contribution in [1.82, 2.24) is 0 Å². The molecule has 132 valence electrons. The minimum Gasteiger partial charge on any atom is -0.308 e.